The van der Waals surface area contributed by atoms with Gasteiger partial charge in [-0.1, -0.05) is 36.4 Å². The Morgan fingerprint density at radius 2 is 1.27 bits per heavy atom. The molecule has 2 aromatic rings. The molecule has 0 radical (unpaired) electrons. The van der Waals surface area contributed by atoms with Gasteiger partial charge in [-0.15, -0.1) is 0 Å². The molecule has 7 heteroatoms. The molecule has 0 aliphatic rings. The van der Waals surface area contributed by atoms with Gasteiger partial charge in [0.15, 0.2) is 0 Å². The lowest BCUT2D eigenvalue weighted by molar-refractivity contribution is -0.482. The maximum Gasteiger partial charge on any atom is 0.286 e. The van der Waals surface area contributed by atoms with Crippen molar-refractivity contribution in [3.63, 3.8) is 0 Å². The fourth-order valence-electron chi connectivity index (χ4n) is 1.55. The predicted octanol–water partition coefficient (Wildman–Crippen LogP) is 2.83. The van der Waals surface area contributed by atoms with E-state index in [9.17, 15) is 10.1 Å². The second kappa shape index (κ2) is 8.15. The minimum atomic E-state index is -1.12. The number of hydrogen-bond donors (Lipinski definition) is 2. The van der Waals surface area contributed by atoms with Crippen LogP contribution in [0.5, 0.6) is 0 Å². The summed E-state index contributed by atoms with van der Waals surface area (Å²) in [6.07, 6.45) is 2.37. The van der Waals surface area contributed by atoms with Crippen LogP contribution in [0.4, 0.5) is 11.4 Å². The van der Waals surface area contributed by atoms with Gasteiger partial charge in [-0.3, -0.25) is 21.0 Å². The van der Waals surface area contributed by atoms with Gasteiger partial charge in [-0.25, -0.2) is 0 Å². The predicted molar refractivity (Wildman–Crippen MR) is 87.9 cm³/mol. The van der Waals surface area contributed by atoms with Crippen molar-refractivity contribution >= 4 is 23.8 Å². The smallest absolute Gasteiger partial charge is 0.279 e. The summed E-state index contributed by atoms with van der Waals surface area (Å²) < 4.78 is 0. The largest absolute Gasteiger partial charge is 0.286 e. The number of rotatable bonds is 7. The quantitative estimate of drug-likeness (QED) is 0.467. The van der Waals surface area contributed by atoms with E-state index in [4.69, 9.17) is 0 Å². The zero-order chi connectivity index (χ0) is 15.6. The van der Waals surface area contributed by atoms with Crippen LogP contribution < -0.4 is 10.9 Å². The number of nitrogens with zero attached hydrogens (tertiary/aromatic N) is 3. The van der Waals surface area contributed by atoms with Crippen LogP contribution in [-0.4, -0.2) is 23.4 Å². The molecule has 7 nitrogen and oxygen atoms in total. The van der Waals surface area contributed by atoms with Crippen LogP contribution in [0.1, 0.15) is 0 Å². The van der Waals surface area contributed by atoms with E-state index in [1.807, 2.05) is 60.7 Å². The van der Waals surface area contributed by atoms with Crippen LogP contribution in [-0.2, 0) is 0 Å². The zero-order valence-corrected chi connectivity index (χ0v) is 11.7. The molecule has 22 heavy (non-hydrogen) atoms. The van der Waals surface area contributed by atoms with Crippen molar-refractivity contribution in [2.24, 2.45) is 10.2 Å². The molecule has 2 aromatic carbocycles. The number of hydrazone groups is 2. The molecular formula is C15H15N5O2. The third kappa shape index (κ3) is 5.04. The van der Waals surface area contributed by atoms with Crippen molar-refractivity contribution in [1.29, 1.82) is 0 Å². The van der Waals surface area contributed by atoms with Crippen LogP contribution in [0.3, 0.4) is 0 Å². The number of anilines is 2. The van der Waals surface area contributed by atoms with Crippen molar-refractivity contribution in [3.05, 3.63) is 70.8 Å². The Morgan fingerprint density at radius 1 is 0.864 bits per heavy atom. The average molecular weight is 297 g/mol. The standard InChI is InChI=1S/C15H15N5O2/c21-20(22)15(11-16-18-13-7-3-1-4-8-13)12-17-19-14-9-5-2-6-10-14/h1-12,15,18-19H. The highest BCUT2D eigenvalue weighted by molar-refractivity contribution is 5.86. The molecule has 112 valence electrons. The maximum atomic E-state index is 11.0. The van der Waals surface area contributed by atoms with Crippen molar-refractivity contribution in [1.82, 2.24) is 0 Å². The molecule has 0 atom stereocenters. The molecule has 0 aliphatic heterocycles. The van der Waals surface area contributed by atoms with E-state index < -0.39 is 11.0 Å². The first-order chi connectivity index (χ1) is 10.8. The number of nitro groups is 1. The van der Waals surface area contributed by atoms with Gasteiger partial charge in [0.2, 0.25) is 0 Å². The lowest BCUT2D eigenvalue weighted by Crippen LogP contribution is -2.23. The van der Waals surface area contributed by atoms with Crippen molar-refractivity contribution in [3.8, 4) is 0 Å². The van der Waals surface area contributed by atoms with Gasteiger partial charge in [-0.2, -0.15) is 10.2 Å². The van der Waals surface area contributed by atoms with Gasteiger partial charge in [-0.05, 0) is 24.3 Å². The van der Waals surface area contributed by atoms with E-state index >= 15 is 0 Å². The van der Waals surface area contributed by atoms with E-state index in [0.717, 1.165) is 11.4 Å². The van der Waals surface area contributed by atoms with Crippen LogP contribution in [0.2, 0.25) is 0 Å². The average Bonchev–Trinajstić information content (AvgIpc) is 2.55. The fraction of sp³-hybridized carbons (Fsp3) is 0.0667. The van der Waals surface area contributed by atoms with Gasteiger partial charge in [0, 0.05) is 4.92 Å². The summed E-state index contributed by atoms with van der Waals surface area (Å²) in [6, 6.07) is 17.2. The maximum absolute atomic E-state index is 11.0. The summed E-state index contributed by atoms with van der Waals surface area (Å²) in [4.78, 5) is 10.5. The molecule has 0 heterocycles. The van der Waals surface area contributed by atoms with Crippen LogP contribution >= 0.6 is 0 Å². The highest BCUT2D eigenvalue weighted by Crippen LogP contribution is 2.05. The summed E-state index contributed by atoms with van der Waals surface area (Å²) in [5.41, 5.74) is 6.94. The Hall–Kier alpha value is -3.22. The van der Waals surface area contributed by atoms with Gasteiger partial charge < -0.3 is 0 Å². The van der Waals surface area contributed by atoms with Gasteiger partial charge in [0.25, 0.3) is 6.04 Å². The second-order valence-corrected chi connectivity index (χ2v) is 4.29. The molecule has 0 spiro atoms. The Kier molecular flexibility index (Phi) is 5.62. The van der Waals surface area contributed by atoms with Crippen molar-refractivity contribution in [2.75, 3.05) is 10.9 Å². The highest BCUT2D eigenvalue weighted by Gasteiger charge is 2.13. The van der Waals surface area contributed by atoms with Crippen molar-refractivity contribution < 1.29 is 4.92 Å². The summed E-state index contributed by atoms with van der Waals surface area (Å²) in [6.45, 7) is 0. The first kappa shape index (κ1) is 15.2. The summed E-state index contributed by atoms with van der Waals surface area (Å²) in [5, 5.41) is 18.7. The van der Waals surface area contributed by atoms with Crippen LogP contribution in [0.15, 0.2) is 70.9 Å². The molecule has 0 saturated carbocycles. The van der Waals surface area contributed by atoms with E-state index in [0.29, 0.717) is 0 Å². The molecule has 0 fully saturated rings. The summed E-state index contributed by atoms with van der Waals surface area (Å²) in [5.74, 6) is 0. The number of benzene rings is 2. The molecule has 0 aromatic heterocycles. The van der Waals surface area contributed by atoms with E-state index in [1.54, 1.807) is 0 Å². The minimum absolute atomic E-state index is 0.480. The van der Waals surface area contributed by atoms with Crippen molar-refractivity contribution in [2.45, 2.75) is 6.04 Å². The lowest BCUT2D eigenvalue weighted by Gasteiger charge is -2.01. The molecule has 2 N–H and O–H groups in total. The Balaban J connectivity index is 1.91. The molecule has 0 saturated heterocycles. The fourth-order valence-corrected chi connectivity index (χ4v) is 1.55. The molecular weight excluding hydrogens is 282 g/mol. The minimum Gasteiger partial charge on any atom is -0.279 e. The molecule has 0 bridgehead atoms. The summed E-state index contributed by atoms with van der Waals surface area (Å²) >= 11 is 0. The van der Waals surface area contributed by atoms with Gasteiger partial charge in [0.05, 0.1) is 11.4 Å². The SMILES string of the molecule is O=[N+]([O-])C(C=NNc1ccccc1)C=NNc1ccccc1. The van der Waals surface area contributed by atoms with E-state index in [2.05, 4.69) is 21.1 Å². The first-order valence-electron chi connectivity index (χ1n) is 6.57. The lowest BCUT2D eigenvalue weighted by atomic mass is 10.3. The molecule has 0 aliphatic carbocycles. The molecule has 0 amide bonds. The topological polar surface area (TPSA) is 91.9 Å². The highest BCUT2D eigenvalue weighted by atomic mass is 16.6. The van der Waals surface area contributed by atoms with Crippen LogP contribution in [0, 0.1) is 10.1 Å². The third-order valence-electron chi connectivity index (χ3n) is 2.63. The number of hydrogen-bond acceptors (Lipinski definition) is 6. The van der Waals surface area contributed by atoms with E-state index in [-0.39, 0.29) is 0 Å². The zero-order valence-electron chi connectivity index (χ0n) is 11.7. The van der Waals surface area contributed by atoms with Gasteiger partial charge >= 0.3 is 0 Å². The van der Waals surface area contributed by atoms with Crippen LogP contribution in [0.25, 0.3) is 0 Å². The molecule has 2 rings (SSSR count). The first-order valence-corrected chi connectivity index (χ1v) is 6.57. The third-order valence-corrected chi connectivity index (χ3v) is 2.63. The number of para-hydroxylation sites is 2. The Labute approximate surface area is 127 Å². The second-order valence-electron chi connectivity index (χ2n) is 4.29. The van der Waals surface area contributed by atoms with Gasteiger partial charge in [0.1, 0.15) is 12.4 Å². The number of nitrogens with one attached hydrogen (secondary N) is 2. The summed E-state index contributed by atoms with van der Waals surface area (Å²) in [7, 11) is 0. The normalized spacial score (nSPS) is 12.4. The molecule has 0 unspecified atom stereocenters. The van der Waals surface area contributed by atoms with E-state index in [1.165, 1.54) is 12.4 Å². The monoisotopic (exact) mass is 297 g/mol. The Morgan fingerprint density at radius 3 is 1.64 bits per heavy atom. The Bertz CT molecular complexity index is 592.